The molecule has 0 spiro atoms. The number of amides is 1. The first kappa shape index (κ1) is 17.9. The molecule has 2 aromatic carbocycles. The number of aryl methyl sites for hydroxylation is 1. The first-order valence-electron chi connectivity index (χ1n) is 8.16. The van der Waals surface area contributed by atoms with E-state index >= 15 is 0 Å². The number of rotatable bonds is 8. The summed E-state index contributed by atoms with van der Waals surface area (Å²) in [5.74, 6) is 1.75. The van der Waals surface area contributed by atoms with Crippen molar-refractivity contribution in [2.75, 3.05) is 20.8 Å². The van der Waals surface area contributed by atoms with E-state index in [1.165, 1.54) is 5.56 Å². The van der Waals surface area contributed by atoms with Crippen molar-refractivity contribution in [3.8, 4) is 11.5 Å². The Balaban J connectivity index is 1.81. The minimum absolute atomic E-state index is 0.0626. The Morgan fingerprint density at radius 1 is 1.04 bits per heavy atom. The molecule has 0 bridgehead atoms. The van der Waals surface area contributed by atoms with Crippen LogP contribution in [0.15, 0.2) is 48.5 Å². The molecule has 0 heterocycles. The number of ether oxygens (including phenoxy) is 2. The van der Waals surface area contributed by atoms with Crippen LogP contribution in [0.25, 0.3) is 0 Å². The van der Waals surface area contributed by atoms with E-state index < -0.39 is 0 Å². The van der Waals surface area contributed by atoms with Gasteiger partial charge in [0.25, 0.3) is 0 Å². The fraction of sp³-hybridized carbons (Fsp3) is 0.350. The highest BCUT2D eigenvalue weighted by molar-refractivity contribution is 5.76. The minimum atomic E-state index is 0.0626. The minimum Gasteiger partial charge on any atom is -0.493 e. The lowest BCUT2D eigenvalue weighted by Crippen LogP contribution is -2.27. The maximum atomic E-state index is 12.1. The Hall–Kier alpha value is -2.49. The third-order valence-corrected chi connectivity index (χ3v) is 4.06. The van der Waals surface area contributed by atoms with Crippen LogP contribution in [-0.4, -0.2) is 26.7 Å². The number of methoxy groups -OCH3 is 2. The van der Waals surface area contributed by atoms with E-state index in [1.54, 1.807) is 14.2 Å². The first-order chi connectivity index (χ1) is 11.6. The second kappa shape index (κ2) is 8.96. The molecule has 0 aliphatic carbocycles. The molecule has 4 heteroatoms. The van der Waals surface area contributed by atoms with Crippen molar-refractivity contribution in [3.05, 3.63) is 59.7 Å². The van der Waals surface area contributed by atoms with E-state index in [0.29, 0.717) is 36.8 Å². The van der Waals surface area contributed by atoms with Crippen LogP contribution < -0.4 is 14.8 Å². The number of nitrogens with one attached hydrogen (secondary N) is 1. The second-order valence-corrected chi connectivity index (χ2v) is 5.81. The van der Waals surface area contributed by atoms with Gasteiger partial charge in [0.1, 0.15) is 0 Å². The van der Waals surface area contributed by atoms with Gasteiger partial charge in [0.2, 0.25) is 5.91 Å². The second-order valence-electron chi connectivity index (χ2n) is 5.81. The number of hydrogen-bond acceptors (Lipinski definition) is 3. The standard InChI is InChI=1S/C20H25NO3/c1-15(17-7-5-4-6-8-17)14-21-20(22)12-10-16-9-11-18(23-2)19(13-16)24-3/h4-9,11,13,15H,10,12,14H2,1-3H3,(H,21,22). The lowest BCUT2D eigenvalue weighted by atomic mass is 10.0. The SMILES string of the molecule is COc1ccc(CCC(=O)NCC(C)c2ccccc2)cc1OC. The van der Waals surface area contributed by atoms with Crippen LogP contribution in [0.3, 0.4) is 0 Å². The van der Waals surface area contributed by atoms with Crippen LogP contribution >= 0.6 is 0 Å². The van der Waals surface area contributed by atoms with Crippen LogP contribution in [0, 0.1) is 0 Å². The van der Waals surface area contributed by atoms with Gasteiger partial charge in [0.15, 0.2) is 11.5 Å². The molecular weight excluding hydrogens is 302 g/mol. The highest BCUT2D eigenvalue weighted by atomic mass is 16.5. The monoisotopic (exact) mass is 327 g/mol. The molecule has 4 nitrogen and oxygen atoms in total. The van der Waals surface area contributed by atoms with Crippen molar-refractivity contribution in [2.24, 2.45) is 0 Å². The summed E-state index contributed by atoms with van der Waals surface area (Å²) in [5.41, 5.74) is 2.29. The fourth-order valence-electron chi connectivity index (χ4n) is 2.55. The molecule has 0 saturated carbocycles. The lowest BCUT2D eigenvalue weighted by molar-refractivity contribution is -0.121. The molecule has 1 unspecified atom stereocenters. The molecule has 0 radical (unpaired) electrons. The number of carbonyl (C=O) groups excluding carboxylic acids is 1. The first-order valence-corrected chi connectivity index (χ1v) is 8.16. The van der Waals surface area contributed by atoms with Crippen molar-refractivity contribution < 1.29 is 14.3 Å². The quantitative estimate of drug-likeness (QED) is 0.806. The number of benzene rings is 2. The van der Waals surface area contributed by atoms with Gasteiger partial charge in [-0.05, 0) is 35.6 Å². The summed E-state index contributed by atoms with van der Waals surface area (Å²) in [4.78, 5) is 12.1. The van der Waals surface area contributed by atoms with Crippen molar-refractivity contribution in [1.29, 1.82) is 0 Å². The largest absolute Gasteiger partial charge is 0.493 e. The van der Waals surface area contributed by atoms with Crippen molar-refractivity contribution >= 4 is 5.91 Å². The molecule has 1 amide bonds. The summed E-state index contributed by atoms with van der Waals surface area (Å²) < 4.78 is 10.5. The predicted octanol–water partition coefficient (Wildman–Crippen LogP) is 3.56. The molecule has 0 aliphatic rings. The number of hydrogen-bond donors (Lipinski definition) is 1. The Kier molecular flexibility index (Phi) is 6.67. The van der Waals surface area contributed by atoms with Crippen molar-refractivity contribution in [3.63, 3.8) is 0 Å². The molecule has 2 rings (SSSR count). The van der Waals surface area contributed by atoms with Gasteiger partial charge in [-0.1, -0.05) is 43.3 Å². The van der Waals surface area contributed by atoms with E-state index in [9.17, 15) is 4.79 Å². The molecular formula is C20H25NO3. The summed E-state index contributed by atoms with van der Waals surface area (Å²) in [6.07, 6.45) is 1.13. The normalized spacial score (nSPS) is 11.6. The smallest absolute Gasteiger partial charge is 0.220 e. The van der Waals surface area contributed by atoms with Gasteiger partial charge >= 0.3 is 0 Å². The van der Waals surface area contributed by atoms with Gasteiger partial charge < -0.3 is 14.8 Å². The van der Waals surface area contributed by atoms with Crippen LogP contribution in [-0.2, 0) is 11.2 Å². The van der Waals surface area contributed by atoms with Crippen LogP contribution in [0.4, 0.5) is 0 Å². The highest BCUT2D eigenvalue weighted by Crippen LogP contribution is 2.27. The van der Waals surface area contributed by atoms with Crippen molar-refractivity contribution in [1.82, 2.24) is 5.32 Å². The van der Waals surface area contributed by atoms with Crippen LogP contribution in [0.2, 0.25) is 0 Å². The Labute approximate surface area is 143 Å². The Bertz CT molecular complexity index is 655. The van der Waals surface area contributed by atoms with Gasteiger partial charge in [-0.15, -0.1) is 0 Å². The van der Waals surface area contributed by atoms with E-state index in [4.69, 9.17) is 9.47 Å². The third kappa shape index (κ3) is 5.01. The third-order valence-electron chi connectivity index (χ3n) is 4.06. The molecule has 128 valence electrons. The molecule has 1 atom stereocenters. The van der Waals surface area contributed by atoms with Gasteiger partial charge in [0.05, 0.1) is 14.2 Å². The zero-order chi connectivity index (χ0) is 17.4. The molecule has 0 saturated heterocycles. The van der Waals surface area contributed by atoms with Gasteiger partial charge in [-0.3, -0.25) is 4.79 Å². The summed E-state index contributed by atoms with van der Waals surface area (Å²) in [6, 6.07) is 15.9. The summed E-state index contributed by atoms with van der Waals surface area (Å²) in [6.45, 7) is 2.76. The highest BCUT2D eigenvalue weighted by Gasteiger charge is 2.09. The van der Waals surface area contributed by atoms with E-state index in [0.717, 1.165) is 5.56 Å². The zero-order valence-corrected chi connectivity index (χ0v) is 14.5. The molecule has 0 aliphatic heterocycles. The van der Waals surface area contributed by atoms with Gasteiger partial charge in [0, 0.05) is 13.0 Å². The Morgan fingerprint density at radius 3 is 2.42 bits per heavy atom. The average molecular weight is 327 g/mol. The maximum absolute atomic E-state index is 12.1. The average Bonchev–Trinajstić information content (AvgIpc) is 2.64. The fourth-order valence-corrected chi connectivity index (χ4v) is 2.55. The Morgan fingerprint density at radius 2 is 1.75 bits per heavy atom. The van der Waals surface area contributed by atoms with E-state index in [1.807, 2.05) is 36.4 Å². The van der Waals surface area contributed by atoms with Gasteiger partial charge in [-0.25, -0.2) is 0 Å². The molecule has 2 aromatic rings. The number of carbonyl (C=O) groups is 1. The lowest BCUT2D eigenvalue weighted by Gasteiger charge is -2.13. The van der Waals surface area contributed by atoms with E-state index in [-0.39, 0.29) is 5.91 Å². The topological polar surface area (TPSA) is 47.6 Å². The molecule has 0 aromatic heterocycles. The molecule has 24 heavy (non-hydrogen) atoms. The van der Waals surface area contributed by atoms with Crippen LogP contribution in [0.5, 0.6) is 11.5 Å². The molecule has 0 fully saturated rings. The maximum Gasteiger partial charge on any atom is 0.220 e. The summed E-state index contributed by atoms with van der Waals surface area (Å²) in [7, 11) is 3.22. The summed E-state index contributed by atoms with van der Waals surface area (Å²) >= 11 is 0. The van der Waals surface area contributed by atoms with Gasteiger partial charge in [-0.2, -0.15) is 0 Å². The van der Waals surface area contributed by atoms with Crippen LogP contribution in [0.1, 0.15) is 30.4 Å². The van der Waals surface area contributed by atoms with Crippen molar-refractivity contribution in [2.45, 2.75) is 25.7 Å². The summed E-state index contributed by atoms with van der Waals surface area (Å²) in [5, 5.41) is 3.01. The van der Waals surface area contributed by atoms with E-state index in [2.05, 4.69) is 24.4 Å². The zero-order valence-electron chi connectivity index (χ0n) is 14.5. The predicted molar refractivity (Wildman–Crippen MR) is 95.7 cm³/mol. The molecule has 1 N–H and O–H groups in total.